The molecule has 3 saturated carbocycles. The van der Waals surface area contributed by atoms with Gasteiger partial charge in [0.15, 0.2) is 0 Å². The summed E-state index contributed by atoms with van der Waals surface area (Å²) in [6, 6.07) is -0.332. The molecule has 6 rings (SSSR count). The van der Waals surface area contributed by atoms with Crippen LogP contribution in [0.25, 0.3) is 0 Å². The van der Waals surface area contributed by atoms with Crippen molar-refractivity contribution in [3.8, 4) is 0 Å². The summed E-state index contributed by atoms with van der Waals surface area (Å²) in [6.45, 7) is 25.8. The molecule has 11 heteroatoms. The van der Waals surface area contributed by atoms with Crippen LogP contribution >= 0.6 is 0 Å². The van der Waals surface area contributed by atoms with Crippen LogP contribution in [0.15, 0.2) is 18.0 Å². The van der Waals surface area contributed by atoms with Gasteiger partial charge in [-0.25, -0.2) is 14.5 Å². The minimum absolute atomic E-state index is 0.0531. The van der Waals surface area contributed by atoms with Gasteiger partial charge in [-0.15, -0.1) is 0 Å². The van der Waals surface area contributed by atoms with E-state index < -0.39 is 23.2 Å². The highest BCUT2D eigenvalue weighted by molar-refractivity contribution is 5.90. The lowest BCUT2D eigenvalue weighted by atomic mass is 9.35. The Hall–Kier alpha value is -2.50. The smallest absolute Gasteiger partial charge is 0.450 e. The van der Waals surface area contributed by atoms with E-state index in [1.165, 1.54) is 11.9 Å². The van der Waals surface area contributed by atoms with Crippen molar-refractivity contribution < 1.29 is 28.9 Å². The van der Waals surface area contributed by atoms with Crippen molar-refractivity contribution >= 4 is 12.1 Å². The molecule has 4 aliphatic carbocycles. The van der Waals surface area contributed by atoms with E-state index in [0.717, 1.165) is 44.9 Å². The zero-order valence-corrected chi connectivity index (χ0v) is 34.5. The molecule has 11 nitrogen and oxygen atoms in total. The number of carboxylic acid groups (broad SMARTS) is 1. The molecular weight excluding hydrogens is 670 g/mol. The molecule has 4 N–H and O–H groups in total. The van der Waals surface area contributed by atoms with Gasteiger partial charge in [0.1, 0.15) is 12.4 Å². The number of nitrogens with zero attached hydrogens (tertiary/aromatic N) is 3. The van der Waals surface area contributed by atoms with Crippen molar-refractivity contribution in [2.45, 2.75) is 157 Å². The maximum absolute atomic E-state index is 13.6. The second kappa shape index (κ2) is 13.9. The molecule has 1 aromatic heterocycles. The lowest BCUT2D eigenvalue weighted by Crippen LogP contribution is -2.70. The average molecular weight is 740 g/mol. The molecule has 0 unspecified atom stereocenters. The molecule has 4 fully saturated rings. The first-order valence-corrected chi connectivity index (χ1v) is 20.6. The van der Waals surface area contributed by atoms with Gasteiger partial charge in [-0.05, 0) is 94.3 Å². The monoisotopic (exact) mass is 740 g/mol. The Bertz CT molecular complexity index is 1570. The number of nitrogens with one attached hydrogen (secondary N) is 1. The fourth-order valence-electron chi connectivity index (χ4n) is 12.5. The van der Waals surface area contributed by atoms with Gasteiger partial charge >= 0.3 is 6.16 Å². The van der Waals surface area contributed by atoms with Crippen molar-refractivity contribution in [3.63, 3.8) is 0 Å². The Kier molecular flexibility index (Phi) is 10.5. The lowest BCUT2D eigenvalue weighted by Gasteiger charge is -2.71. The number of fused-ring (bicyclic) bond motifs is 3. The standard InChI is InChI=1S/C42H69N5O6/c1-12-41(43,13-2)22-52-32-30(47-33(44-24-45-47)34(48)46-26(5)6)20-42-23-51-21-38(32,9)31(42)15-14-28-29(42)16-17-40(11)35(53-36(49)50)37(8,27(7)25(3)4)18-19-39(28,40)10/h16,24-28,30-32,35H,12-15,17-23,43H2,1-11H3,(H,46,48)(H,49,50)/t27-,28+,30-,31+,32+,35-,37-,38-,39-,40-,42+/m1/s1. The molecule has 2 bridgehead atoms. The van der Waals surface area contributed by atoms with Gasteiger partial charge in [0, 0.05) is 33.2 Å². The highest BCUT2D eigenvalue weighted by atomic mass is 16.7. The van der Waals surface area contributed by atoms with Gasteiger partial charge in [0.2, 0.25) is 5.82 Å². The molecule has 11 atom stereocenters. The quantitative estimate of drug-likeness (QED) is 0.153. The lowest BCUT2D eigenvalue weighted by molar-refractivity contribution is -0.256. The van der Waals surface area contributed by atoms with Crippen molar-refractivity contribution in [2.75, 3.05) is 19.8 Å². The molecule has 5 aliphatic rings. The van der Waals surface area contributed by atoms with Crippen LogP contribution in [0.3, 0.4) is 0 Å². The maximum atomic E-state index is 13.6. The molecule has 298 valence electrons. The van der Waals surface area contributed by atoms with Crippen LogP contribution in [-0.2, 0) is 14.2 Å². The number of aromatic nitrogens is 3. The van der Waals surface area contributed by atoms with E-state index in [9.17, 15) is 14.7 Å². The first-order chi connectivity index (χ1) is 24.8. The molecular formula is C42H69N5O6. The fraction of sp³-hybridized carbons (Fsp3) is 0.857. The minimum Gasteiger partial charge on any atom is -0.450 e. The third kappa shape index (κ3) is 6.08. The van der Waals surface area contributed by atoms with Crippen molar-refractivity contribution in [3.05, 3.63) is 23.8 Å². The number of amides is 1. The fourth-order valence-corrected chi connectivity index (χ4v) is 12.5. The summed E-state index contributed by atoms with van der Waals surface area (Å²) in [7, 11) is 0. The van der Waals surface area contributed by atoms with E-state index >= 15 is 0 Å². The first kappa shape index (κ1) is 40.2. The summed E-state index contributed by atoms with van der Waals surface area (Å²) in [5, 5.41) is 18.0. The first-order valence-electron chi connectivity index (χ1n) is 20.6. The average Bonchev–Trinajstić information content (AvgIpc) is 3.59. The van der Waals surface area contributed by atoms with Gasteiger partial charge in [0.25, 0.3) is 5.91 Å². The number of carbonyl (C=O) groups is 2. The summed E-state index contributed by atoms with van der Waals surface area (Å²) in [5.74, 6) is 1.25. The van der Waals surface area contributed by atoms with E-state index in [1.807, 2.05) is 18.5 Å². The van der Waals surface area contributed by atoms with Gasteiger partial charge in [0.05, 0.1) is 32.0 Å². The summed E-state index contributed by atoms with van der Waals surface area (Å²) in [5.41, 5.74) is 6.28. The molecule has 53 heavy (non-hydrogen) atoms. The van der Waals surface area contributed by atoms with Crippen LogP contribution in [0, 0.1) is 50.7 Å². The third-order valence-corrected chi connectivity index (χ3v) is 16.4. The van der Waals surface area contributed by atoms with Gasteiger partial charge in [-0.3, -0.25) is 4.79 Å². The molecule has 1 aromatic rings. The molecule has 0 radical (unpaired) electrons. The highest BCUT2D eigenvalue weighted by Gasteiger charge is 2.72. The Morgan fingerprint density at radius 3 is 2.40 bits per heavy atom. The number of rotatable bonds is 11. The number of carbonyl (C=O) groups excluding carboxylic acids is 1. The third-order valence-electron chi connectivity index (χ3n) is 16.4. The summed E-state index contributed by atoms with van der Waals surface area (Å²) in [4.78, 5) is 30.6. The summed E-state index contributed by atoms with van der Waals surface area (Å²) < 4.78 is 21.7. The van der Waals surface area contributed by atoms with Crippen LogP contribution in [0.4, 0.5) is 4.79 Å². The molecule has 1 amide bonds. The molecule has 0 aromatic carbocycles. The molecule has 1 aliphatic heterocycles. The summed E-state index contributed by atoms with van der Waals surface area (Å²) >= 11 is 0. The number of hydrogen-bond acceptors (Lipinski definition) is 8. The Labute approximate surface area is 317 Å². The van der Waals surface area contributed by atoms with Crippen molar-refractivity contribution in [1.29, 1.82) is 0 Å². The highest BCUT2D eigenvalue weighted by Crippen LogP contribution is 2.74. The van der Waals surface area contributed by atoms with E-state index in [0.29, 0.717) is 38.0 Å². The molecule has 1 saturated heterocycles. The van der Waals surface area contributed by atoms with Gasteiger partial charge < -0.3 is 30.4 Å². The van der Waals surface area contributed by atoms with E-state index in [4.69, 9.17) is 25.0 Å². The number of allylic oxidation sites excluding steroid dienone is 1. The molecule has 2 heterocycles. The van der Waals surface area contributed by atoms with Gasteiger partial charge in [-0.1, -0.05) is 74.0 Å². The maximum Gasteiger partial charge on any atom is 0.506 e. The van der Waals surface area contributed by atoms with Crippen LogP contribution in [0.2, 0.25) is 0 Å². The Balaban J connectivity index is 1.47. The predicted octanol–water partition coefficient (Wildman–Crippen LogP) is 7.81. The second-order valence-electron chi connectivity index (χ2n) is 19.6. The Morgan fingerprint density at radius 2 is 1.77 bits per heavy atom. The van der Waals surface area contributed by atoms with Crippen molar-refractivity contribution in [2.24, 2.45) is 56.5 Å². The van der Waals surface area contributed by atoms with Crippen molar-refractivity contribution in [1.82, 2.24) is 20.1 Å². The number of nitrogens with two attached hydrogens (primary N) is 1. The normalized spacial score (nSPS) is 40.1. The zero-order valence-electron chi connectivity index (χ0n) is 34.5. The van der Waals surface area contributed by atoms with Gasteiger partial charge in [-0.2, -0.15) is 5.10 Å². The van der Waals surface area contributed by atoms with E-state index in [1.54, 1.807) is 0 Å². The topological polar surface area (TPSA) is 151 Å². The second-order valence-corrected chi connectivity index (χ2v) is 19.6. The zero-order chi connectivity index (χ0) is 38.9. The Morgan fingerprint density at radius 1 is 1.08 bits per heavy atom. The number of hydrogen-bond donors (Lipinski definition) is 3. The predicted molar refractivity (Wildman–Crippen MR) is 204 cm³/mol. The largest absolute Gasteiger partial charge is 0.506 e. The molecule has 0 spiro atoms. The minimum atomic E-state index is -1.19. The van der Waals surface area contributed by atoms with Crippen LogP contribution in [0.5, 0.6) is 0 Å². The summed E-state index contributed by atoms with van der Waals surface area (Å²) in [6.07, 6.45) is 8.99. The van der Waals surface area contributed by atoms with Crippen LogP contribution < -0.4 is 11.1 Å². The SMILES string of the molecule is CCC(N)(CC)CO[C@H]1[C@H](n2ncnc2C(=O)NC(C)C)C[C@@]23COC[C@]1(C)[C@@H]2CC[C@H]1C3=CC[C@]2(C)[C@H](OC(=O)O)[C@@](C)([C@H](C)C(C)C)CC[C@]12C. The van der Waals surface area contributed by atoms with E-state index in [2.05, 4.69) is 78.7 Å². The number of ether oxygens (including phenoxy) is 3. The van der Waals surface area contributed by atoms with Crippen LogP contribution in [0.1, 0.15) is 144 Å². The van der Waals surface area contributed by atoms with Crippen LogP contribution in [-0.4, -0.2) is 75.5 Å². The van der Waals surface area contributed by atoms with E-state index in [-0.39, 0.29) is 63.5 Å².